The molecule has 67 heavy (non-hydrogen) atoms. The van der Waals surface area contributed by atoms with Gasteiger partial charge in [-0.1, -0.05) is 23.2 Å². The highest BCUT2D eigenvalue weighted by Gasteiger charge is 2.27. The molecule has 2 saturated heterocycles. The Morgan fingerprint density at radius 3 is 1.57 bits per heavy atom. The summed E-state index contributed by atoms with van der Waals surface area (Å²) in [5, 5.41) is 6.94. The van der Waals surface area contributed by atoms with E-state index in [0.29, 0.717) is 11.6 Å². The zero-order chi connectivity index (χ0) is 45.9. The summed E-state index contributed by atoms with van der Waals surface area (Å²) in [5.74, 6) is 3.25. The van der Waals surface area contributed by atoms with Gasteiger partial charge in [-0.25, -0.2) is 19.9 Å². The monoisotopic (exact) mass is 1040 g/mol. The molecule has 4 aromatic heterocycles. The Balaban J connectivity index is 0.000000139. The van der Waals surface area contributed by atoms with Gasteiger partial charge in [0.25, 0.3) is 0 Å². The van der Waals surface area contributed by atoms with Crippen molar-refractivity contribution in [1.29, 1.82) is 0 Å². The highest BCUT2D eigenvalue weighted by Crippen LogP contribution is 2.41. The number of likely N-dealkylation sites (N-methyl/N-ethyl adjacent to an activating group) is 2. The number of piperazine rings is 2. The van der Waals surface area contributed by atoms with E-state index in [-0.39, 0.29) is 0 Å². The van der Waals surface area contributed by atoms with Crippen LogP contribution in [0.25, 0.3) is 44.6 Å². The number of halogens is 3. The number of aromatic nitrogens is 6. The van der Waals surface area contributed by atoms with Crippen LogP contribution in [0.1, 0.15) is 11.1 Å². The van der Waals surface area contributed by atoms with Crippen molar-refractivity contribution in [3.05, 3.63) is 147 Å². The Labute approximate surface area is 415 Å². The van der Waals surface area contributed by atoms with Gasteiger partial charge >= 0.3 is 0 Å². The molecule has 1 N–H and O–H groups in total. The molecule has 2 fully saturated rings. The first kappa shape index (κ1) is 45.2. The topological polar surface area (TPSA) is 106 Å². The van der Waals surface area contributed by atoms with Crippen LogP contribution in [0.2, 0.25) is 10.0 Å². The van der Waals surface area contributed by atoms with Crippen molar-refractivity contribution in [2.75, 3.05) is 94.2 Å². The molecule has 15 heteroatoms. The van der Waals surface area contributed by atoms with E-state index in [0.717, 1.165) is 129 Å². The fourth-order valence-corrected chi connectivity index (χ4v) is 9.94. The summed E-state index contributed by atoms with van der Waals surface area (Å²) < 4.78 is 1.16. The van der Waals surface area contributed by atoms with Gasteiger partial charge in [-0.05, 0) is 158 Å². The average molecular weight is 1040 g/mol. The lowest BCUT2D eigenvalue weighted by atomic mass is 10.1. The quantitative estimate of drug-likeness (QED) is 0.166. The number of anilines is 5. The molecule has 0 amide bonds. The second-order valence-corrected chi connectivity index (χ2v) is 19.4. The molecule has 0 saturated carbocycles. The van der Waals surface area contributed by atoms with E-state index in [4.69, 9.17) is 43.1 Å². The summed E-state index contributed by atoms with van der Waals surface area (Å²) >= 11 is 14.8. The van der Waals surface area contributed by atoms with E-state index in [9.17, 15) is 0 Å². The first-order valence-electron chi connectivity index (χ1n) is 22.8. The molecule has 4 aliphatic heterocycles. The van der Waals surface area contributed by atoms with E-state index in [1.165, 1.54) is 35.6 Å². The Hall–Kier alpha value is -5.55. The van der Waals surface area contributed by atoms with Crippen LogP contribution in [-0.4, -0.2) is 119 Å². The second-order valence-electron chi connectivity index (χ2n) is 17.3. The van der Waals surface area contributed by atoms with Crippen LogP contribution in [0, 0.1) is 3.57 Å². The Morgan fingerprint density at radius 2 is 1.06 bits per heavy atom. The number of nitrogens with zero attached hydrogens (tertiary/aromatic N) is 11. The SMILES string of the molecule is CN1CCN(c2ccc3nc(-c4cccnc4)nc(N4CCc5cc(Cl)ccc54)c3c2)CC1.CN1CCNCC1.Clc1ccc2c(c1)CCN2c1nc(-c2cccnc2)nc2ccc(I)cc12. The molecule has 340 valence electrons. The molecule has 12 rings (SSSR count). The minimum absolute atomic E-state index is 0.689. The number of benzene rings is 4. The Morgan fingerprint density at radius 1 is 0.537 bits per heavy atom. The second kappa shape index (κ2) is 20.4. The predicted molar refractivity (Wildman–Crippen MR) is 283 cm³/mol. The van der Waals surface area contributed by atoms with Crippen LogP contribution in [0.15, 0.2) is 122 Å². The van der Waals surface area contributed by atoms with Gasteiger partial charge in [-0.2, -0.15) is 0 Å². The maximum Gasteiger partial charge on any atom is 0.163 e. The van der Waals surface area contributed by atoms with Crippen molar-refractivity contribution >= 4 is 96.3 Å². The third-order valence-electron chi connectivity index (χ3n) is 12.7. The first-order chi connectivity index (χ1) is 32.7. The van der Waals surface area contributed by atoms with Crippen LogP contribution in [-0.2, 0) is 12.8 Å². The maximum atomic E-state index is 6.27. The van der Waals surface area contributed by atoms with Crippen molar-refractivity contribution < 1.29 is 0 Å². The van der Waals surface area contributed by atoms with Crippen LogP contribution in [0.4, 0.5) is 28.7 Å². The van der Waals surface area contributed by atoms with Crippen molar-refractivity contribution in [1.82, 2.24) is 45.0 Å². The minimum atomic E-state index is 0.689. The molecule has 0 bridgehead atoms. The standard InChI is InChI=1S/C26H25ClN6.C21H14ClIN4.C5H12N2/c1-31-11-13-32(14-12-31)21-5-6-23-22(16-21)26(30-25(29-23)19-3-2-9-28-17-19)33-10-8-18-15-20(27)4-7-24(18)33;22-15-3-6-19-13(10-15)7-9-27(19)21-17-11-16(23)4-5-18(17)25-20(26-21)14-2-1-8-24-12-14;1-7-4-2-6-3-5-7/h2-7,9,15-17H,8,10-14H2,1H3;1-6,8,10-12H,7,9H2;6H,2-5H2,1H3. The van der Waals surface area contributed by atoms with Gasteiger partial charge in [0, 0.05) is 143 Å². The van der Waals surface area contributed by atoms with Gasteiger partial charge in [-0.3, -0.25) is 9.97 Å². The Bertz CT molecular complexity index is 3020. The van der Waals surface area contributed by atoms with E-state index < -0.39 is 0 Å². The number of nitrogens with one attached hydrogen (secondary N) is 1. The molecule has 0 unspecified atom stereocenters. The number of fused-ring (bicyclic) bond motifs is 4. The molecule has 0 spiro atoms. The summed E-state index contributed by atoms with van der Waals surface area (Å²) in [6.07, 6.45) is 9.05. The van der Waals surface area contributed by atoms with Crippen LogP contribution >= 0.6 is 45.8 Å². The summed E-state index contributed by atoms with van der Waals surface area (Å²) in [4.78, 5) is 40.0. The molecule has 0 radical (unpaired) electrons. The Kier molecular flexibility index (Phi) is 13.7. The van der Waals surface area contributed by atoms with Crippen LogP contribution < -0.4 is 20.0 Å². The molecule has 0 aliphatic carbocycles. The van der Waals surface area contributed by atoms with E-state index in [2.05, 4.69) is 131 Å². The molecule has 4 aromatic carbocycles. The number of hydrogen-bond donors (Lipinski definition) is 1. The molecule has 12 nitrogen and oxygen atoms in total. The zero-order valence-corrected chi connectivity index (χ0v) is 41.3. The third kappa shape index (κ3) is 10.2. The lowest BCUT2D eigenvalue weighted by Crippen LogP contribution is -2.44. The predicted octanol–water partition coefficient (Wildman–Crippen LogP) is 9.96. The molecular formula is C52H51Cl2IN12. The molecule has 0 atom stereocenters. The van der Waals surface area contributed by atoms with Crippen LogP contribution in [0.5, 0.6) is 0 Å². The fourth-order valence-electron chi connectivity index (χ4n) is 9.06. The van der Waals surface area contributed by atoms with Crippen molar-refractivity contribution in [2.45, 2.75) is 12.8 Å². The smallest absolute Gasteiger partial charge is 0.163 e. The lowest BCUT2D eigenvalue weighted by molar-refractivity contribution is 0.291. The van der Waals surface area contributed by atoms with Gasteiger partial charge in [0.2, 0.25) is 0 Å². The molecular weight excluding hydrogens is 990 g/mol. The summed E-state index contributed by atoms with van der Waals surface area (Å²) in [7, 11) is 4.33. The van der Waals surface area contributed by atoms with Gasteiger partial charge in [0.05, 0.1) is 11.0 Å². The van der Waals surface area contributed by atoms with Gasteiger partial charge in [-0.15, -0.1) is 0 Å². The van der Waals surface area contributed by atoms with Gasteiger partial charge < -0.3 is 29.8 Å². The van der Waals surface area contributed by atoms with E-state index in [1.807, 2.05) is 48.7 Å². The number of hydrogen-bond acceptors (Lipinski definition) is 12. The largest absolute Gasteiger partial charge is 0.369 e. The molecule has 8 heterocycles. The lowest BCUT2D eigenvalue weighted by Gasteiger charge is -2.34. The minimum Gasteiger partial charge on any atom is -0.369 e. The molecule has 4 aliphatic rings. The highest BCUT2D eigenvalue weighted by atomic mass is 127. The third-order valence-corrected chi connectivity index (χ3v) is 13.9. The van der Waals surface area contributed by atoms with Crippen molar-refractivity contribution in [2.24, 2.45) is 0 Å². The van der Waals surface area contributed by atoms with E-state index >= 15 is 0 Å². The normalized spacial score (nSPS) is 16.0. The van der Waals surface area contributed by atoms with Gasteiger partial charge in [0.1, 0.15) is 11.6 Å². The fraction of sp³-hybridized carbons (Fsp3) is 0.269. The van der Waals surface area contributed by atoms with Crippen LogP contribution in [0.3, 0.4) is 0 Å². The first-order valence-corrected chi connectivity index (χ1v) is 24.6. The maximum absolute atomic E-state index is 6.27. The summed E-state index contributed by atoms with van der Waals surface area (Å²) in [5.41, 5.74) is 9.77. The summed E-state index contributed by atoms with van der Waals surface area (Å²) in [6, 6.07) is 32.9. The summed E-state index contributed by atoms with van der Waals surface area (Å²) in [6.45, 7) is 10.7. The molecule has 8 aromatic rings. The number of pyridine rings is 2. The number of rotatable bonds is 5. The zero-order valence-electron chi connectivity index (χ0n) is 37.6. The van der Waals surface area contributed by atoms with E-state index in [1.54, 1.807) is 18.6 Å². The highest BCUT2D eigenvalue weighted by molar-refractivity contribution is 14.1. The van der Waals surface area contributed by atoms with Gasteiger partial charge in [0.15, 0.2) is 11.6 Å². The van der Waals surface area contributed by atoms with Crippen molar-refractivity contribution in [3.63, 3.8) is 0 Å². The van der Waals surface area contributed by atoms with Crippen molar-refractivity contribution in [3.8, 4) is 22.8 Å². The average Bonchev–Trinajstić information content (AvgIpc) is 3.98.